The van der Waals surface area contributed by atoms with E-state index in [1.54, 1.807) is 0 Å². The SMILES string of the molecule is COC(=O)c1ccc(S(=O)(=O)N2CCN[C@@H](C)C2)cc1. The minimum absolute atomic E-state index is 0.132. The van der Waals surface area contributed by atoms with E-state index in [-0.39, 0.29) is 10.9 Å². The summed E-state index contributed by atoms with van der Waals surface area (Å²) in [6.07, 6.45) is 0. The first-order chi connectivity index (χ1) is 9.45. The molecule has 0 unspecified atom stereocenters. The Morgan fingerprint density at radius 2 is 2.00 bits per heavy atom. The second kappa shape index (κ2) is 5.90. The lowest BCUT2D eigenvalue weighted by molar-refractivity contribution is 0.0600. The van der Waals surface area contributed by atoms with Crippen molar-refractivity contribution in [3.05, 3.63) is 29.8 Å². The molecule has 20 heavy (non-hydrogen) atoms. The first-order valence-electron chi connectivity index (χ1n) is 6.37. The number of carbonyl (C=O) groups excluding carboxylic acids is 1. The van der Waals surface area contributed by atoms with Crippen molar-refractivity contribution in [1.82, 2.24) is 9.62 Å². The average Bonchev–Trinajstić information content (AvgIpc) is 2.46. The van der Waals surface area contributed by atoms with E-state index < -0.39 is 16.0 Å². The second-order valence-electron chi connectivity index (χ2n) is 4.73. The van der Waals surface area contributed by atoms with Gasteiger partial charge >= 0.3 is 5.97 Å². The molecule has 1 atom stereocenters. The van der Waals surface area contributed by atoms with Crippen LogP contribution >= 0.6 is 0 Å². The monoisotopic (exact) mass is 298 g/mol. The Morgan fingerprint density at radius 1 is 1.35 bits per heavy atom. The Morgan fingerprint density at radius 3 is 2.55 bits per heavy atom. The molecule has 1 aromatic carbocycles. The van der Waals surface area contributed by atoms with Crippen LogP contribution in [0.25, 0.3) is 0 Å². The molecule has 1 aliphatic rings. The van der Waals surface area contributed by atoms with E-state index in [1.807, 2.05) is 6.92 Å². The minimum Gasteiger partial charge on any atom is -0.465 e. The van der Waals surface area contributed by atoms with Gasteiger partial charge in [-0.15, -0.1) is 0 Å². The molecular formula is C13H18N2O4S. The van der Waals surface area contributed by atoms with Gasteiger partial charge in [0, 0.05) is 25.7 Å². The lowest BCUT2D eigenvalue weighted by Crippen LogP contribution is -2.51. The molecule has 0 aromatic heterocycles. The molecule has 1 aliphatic heterocycles. The van der Waals surface area contributed by atoms with Gasteiger partial charge in [0.05, 0.1) is 17.6 Å². The second-order valence-corrected chi connectivity index (χ2v) is 6.67. The van der Waals surface area contributed by atoms with Crippen LogP contribution in [-0.2, 0) is 14.8 Å². The topological polar surface area (TPSA) is 75.7 Å². The Labute approximate surface area is 118 Å². The van der Waals surface area contributed by atoms with E-state index in [9.17, 15) is 13.2 Å². The van der Waals surface area contributed by atoms with E-state index in [2.05, 4.69) is 10.1 Å². The largest absolute Gasteiger partial charge is 0.465 e. The summed E-state index contributed by atoms with van der Waals surface area (Å²) in [5.74, 6) is -0.482. The summed E-state index contributed by atoms with van der Waals surface area (Å²) in [6, 6.07) is 5.94. The third-order valence-electron chi connectivity index (χ3n) is 3.24. The zero-order valence-corrected chi connectivity index (χ0v) is 12.3. The van der Waals surface area contributed by atoms with Gasteiger partial charge in [0.25, 0.3) is 0 Å². The number of benzene rings is 1. The predicted molar refractivity (Wildman–Crippen MR) is 74.0 cm³/mol. The number of hydrogen-bond donors (Lipinski definition) is 1. The summed E-state index contributed by atoms with van der Waals surface area (Å²) < 4.78 is 31.0. The van der Waals surface area contributed by atoms with E-state index in [0.717, 1.165) is 0 Å². The number of nitrogens with zero attached hydrogens (tertiary/aromatic N) is 1. The van der Waals surface area contributed by atoms with Gasteiger partial charge in [0.15, 0.2) is 0 Å². The van der Waals surface area contributed by atoms with Crippen molar-refractivity contribution in [2.24, 2.45) is 0 Å². The van der Waals surface area contributed by atoms with Crippen LogP contribution in [0.4, 0.5) is 0 Å². The predicted octanol–water partition coefficient (Wildman–Crippen LogP) is 0.456. The summed E-state index contributed by atoms with van der Waals surface area (Å²) in [5, 5.41) is 3.20. The highest BCUT2D eigenvalue weighted by molar-refractivity contribution is 7.89. The zero-order chi connectivity index (χ0) is 14.8. The number of carbonyl (C=O) groups is 1. The molecule has 0 saturated carbocycles. The number of piperazine rings is 1. The Balaban J connectivity index is 2.23. The van der Waals surface area contributed by atoms with E-state index in [0.29, 0.717) is 25.2 Å². The van der Waals surface area contributed by atoms with Gasteiger partial charge in [-0.2, -0.15) is 4.31 Å². The molecule has 1 heterocycles. The third kappa shape index (κ3) is 3.00. The van der Waals surface area contributed by atoms with Crippen molar-refractivity contribution in [2.45, 2.75) is 17.9 Å². The van der Waals surface area contributed by atoms with Crippen molar-refractivity contribution in [3.8, 4) is 0 Å². The fourth-order valence-corrected chi connectivity index (χ4v) is 3.67. The minimum atomic E-state index is -3.50. The lowest BCUT2D eigenvalue weighted by atomic mass is 10.2. The molecule has 1 N–H and O–H groups in total. The molecular weight excluding hydrogens is 280 g/mol. The quantitative estimate of drug-likeness (QED) is 0.820. The normalized spacial score (nSPS) is 20.6. The summed E-state index contributed by atoms with van der Waals surface area (Å²) in [6.45, 7) is 3.48. The fraction of sp³-hybridized carbons (Fsp3) is 0.462. The van der Waals surface area contributed by atoms with Crippen molar-refractivity contribution in [3.63, 3.8) is 0 Å². The summed E-state index contributed by atoms with van der Waals surface area (Å²) >= 11 is 0. The molecule has 1 fully saturated rings. The number of esters is 1. The maximum atomic E-state index is 12.5. The number of sulfonamides is 1. The van der Waals surface area contributed by atoms with Gasteiger partial charge in [-0.25, -0.2) is 13.2 Å². The third-order valence-corrected chi connectivity index (χ3v) is 5.12. The Bertz CT molecular complexity index is 583. The smallest absolute Gasteiger partial charge is 0.337 e. The van der Waals surface area contributed by atoms with Crippen molar-refractivity contribution in [2.75, 3.05) is 26.7 Å². The highest BCUT2D eigenvalue weighted by atomic mass is 32.2. The van der Waals surface area contributed by atoms with Gasteiger partial charge < -0.3 is 10.1 Å². The van der Waals surface area contributed by atoms with Gasteiger partial charge in [-0.05, 0) is 31.2 Å². The standard InChI is InChI=1S/C13H18N2O4S/c1-10-9-15(8-7-14-10)20(17,18)12-5-3-11(4-6-12)13(16)19-2/h3-6,10,14H,7-9H2,1-2H3/t10-/m0/s1. The summed E-state index contributed by atoms with van der Waals surface area (Å²) in [4.78, 5) is 11.5. The number of hydrogen-bond acceptors (Lipinski definition) is 5. The van der Waals surface area contributed by atoms with E-state index >= 15 is 0 Å². The zero-order valence-electron chi connectivity index (χ0n) is 11.5. The first kappa shape index (κ1) is 15.0. The fourth-order valence-electron chi connectivity index (χ4n) is 2.15. The van der Waals surface area contributed by atoms with Gasteiger partial charge in [0.1, 0.15) is 0 Å². The molecule has 0 amide bonds. The van der Waals surface area contributed by atoms with Crippen LogP contribution in [0.1, 0.15) is 17.3 Å². The number of rotatable bonds is 3. The molecule has 7 heteroatoms. The maximum Gasteiger partial charge on any atom is 0.337 e. The molecule has 0 bridgehead atoms. The van der Waals surface area contributed by atoms with Crippen LogP contribution < -0.4 is 5.32 Å². The van der Waals surface area contributed by atoms with Crippen LogP contribution in [0.3, 0.4) is 0 Å². The molecule has 0 spiro atoms. The van der Waals surface area contributed by atoms with Crippen LogP contribution in [0.15, 0.2) is 29.2 Å². The average molecular weight is 298 g/mol. The van der Waals surface area contributed by atoms with Crippen LogP contribution in [0, 0.1) is 0 Å². The highest BCUT2D eigenvalue weighted by Gasteiger charge is 2.28. The van der Waals surface area contributed by atoms with Crippen molar-refractivity contribution < 1.29 is 17.9 Å². The van der Waals surface area contributed by atoms with Crippen molar-refractivity contribution in [1.29, 1.82) is 0 Å². The van der Waals surface area contributed by atoms with E-state index in [1.165, 1.54) is 35.7 Å². The highest BCUT2D eigenvalue weighted by Crippen LogP contribution is 2.18. The molecule has 1 saturated heterocycles. The lowest BCUT2D eigenvalue weighted by Gasteiger charge is -2.31. The Kier molecular flexibility index (Phi) is 4.42. The van der Waals surface area contributed by atoms with Crippen molar-refractivity contribution >= 4 is 16.0 Å². The number of nitrogens with one attached hydrogen (secondary N) is 1. The van der Waals surface area contributed by atoms with Gasteiger partial charge in [0.2, 0.25) is 10.0 Å². The van der Waals surface area contributed by atoms with Gasteiger partial charge in [-0.1, -0.05) is 0 Å². The molecule has 2 rings (SSSR count). The molecule has 110 valence electrons. The number of ether oxygens (including phenoxy) is 1. The number of methoxy groups -OCH3 is 1. The van der Waals surface area contributed by atoms with E-state index in [4.69, 9.17) is 0 Å². The Hall–Kier alpha value is -1.44. The molecule has 0 aliphatic carbocycles. The molecule has 6 nitrogen and oxygen atoms in total. The van der Waals surface area contributed by atoms with Crippen LogP contribution in [0.5, 0.6) is 0 Å². The molecule has 1 aromatic rings. The van der Waals surface area contributed by atoms with Crippen LogP contribution in [0.2, 0.25) is 0 Å². The maximum absolute atomic E-state index is 12.5. The summed E-state index contributed by atoms with van der Waals surface area (Å²) in [5.41, 5.74) is 0.333. The summed E-state index contributed by atoms with van der Waals surface area (Å²) in [7, 11) is -2.22. The van der Waals surface area contributed by atoms with Crippen LogP contribution in [-0.4, -0.2) is 51.5 Å². The molecule has 0 radical (unpaired) electrons. The van der Waals surface area contributed by atoms with Gasteiger partial charge in [-0.3, -0.25) is 0 Å². The first-order valence-corrected chi connectivity index (χ1v) is 7.81.